The Morgan fingerprint density at radius 1 is 1.50 bits per heavy atom. The number of carbonyl (C=O) groups excluding carboxylic acids is 1. The zero-order valence-electron chi connectivity index (χ0n) is 9.67. The molecule has 2 aromatic rings. The van der Waals surface area contributed by atoms with Crippen LogP contribution in [0.2, 0.25) is 0 Å². The van der Waals surface area contributed by atoms with Crippen molar-refractivity contribution in [2.24, 2.45) is 0 Å². The van der Waals surface area contributed by atoms with Crippen LogP contribution in [-0.4, -0.2) is 34.1 Å². The van der Waals surface area contributed by atoms with Crippen molar-refractivity contribution in [3.05, 3.63) is 35.6 Å². The molecule has 0 atom stereocenters. The lowest BCUT2D eigenvalue weighted by Gasteiger charge is -2.00. The second kappa shape index (κ2) is 6.23. The molecule has 18 heavy (non-hydrogen) atoms. The van der Waals surface area contributed by atoms with Crippen LogP contribution in [0.5, 0.6) is 0 Å². The van der Waals surface area contributed by atoms with Crippen LogP contribution in [0.15, 0.2) is 29.9 Å². The molecule has 0 radical (unpaired) electrons. The summed E-state index contributed by atoms with van der Waals surface area (Å²) in [4.78, 5) is 19.9. The van der Waals surface area contributed by atoms with E-state index in [1.54, 1.807) is 12.4 Å². The molecule has 0 saturated heterocycles. The summed E-state index contributed by atoms with van der Waals surface area (Å²) in [5.41, 5.74) is 1.68. The summed E-state index contributed by atoms with van der Waals surface area (Å²) in [6.45, 7) is 0.224. The molecule has 0 aliphatic carbocycles. The van der Waals surface area contributed by atoms with E-state index in [4.69, 9.17) is 5.11 Å². The van der Waals surface area contributed by atoms with Crippen LogP contribution in [-0.2, 0) is 11.2 Å². The zero-order chi connectivity index (χ0) is 12.8. The first-order valence-electron chi connectivity index (χ1n) is 5.52. The lowest BCUT2D eigenvalue weighted by molar-refractivity contribution is -0.120. The van der Waals surface area contributed by atoms with Gasteiger partial charge in [0.15, 0.2) is 0 Å². The lowest BCUT2D eigenvalue weighted by atomic mass is 10.3. The van der Waals surface area contributed by atoms with Crippen LogP contribution in [0.25, 0.3) is 10.6 Å². The minimum absolute atomic E-state index is 0.0518. The van der Waals surface area contributed by atoms with Crippen LogP contribution in [0.1, 0.15) is 5.69 Å². The number of hydrogen-bond donors (Lipinski definition) is 2. The fourth-order valence-corrected chi connectivity index (χ4v) is 2.24. The number of nitrogens with one attached hydrogen (secondary N) is 1. The molecule has 2 aromatic heterocycles. The molecular weight excluding hydrogens is 250 g/mol. The third-order valence-corrected chi connectivity index (χ3v) is 3.18. The molecule has 0 aromatic carbocycles. The Hall–Kier alpha value is -1.79. The Labute approximate surface area is 109 Å². The zero-order valence-corrected chi connectivity index (χ0v) is 10.5. The first-order valence-corrected chi connectivity index (χ1v) is 6.40. The van der Waals surface area contributed by atoms with Crippen LogP contribution in [0, 0.1) is 0 Å². The molecule has 0 aliphatic heterocycles. The molecule has 0 aliphatic rings. The van der Waals surface area contributed by atoms with Crippen LogP contribution < -0.4 is 5.32 Å². The molecule has 0 bridgehead atoms. The van der Waals surface area contributed by atoms with E-state index < -0.39 is 0 Å². The van der Waals surface area contributed by atoms with Crippen LogP contribution in [0.4, 0.5) is 0 Å². The van der Waals surface area contributed by atoms with Gasteiger partial charge in [-0.1, -0.05) is 0 Å². The average Bonchev–Trinajstić information content (AvgIpc) is 2.86. The van der Waals surface area contributed by atoms with Crippen molar-refractivity contribution >= 4 is 17.2 Å². The van der Waals surface area contributed by atoms with Crippen molar-refractivity contribution in [2.75, 3.05) is 13.2 Å². The highest BCUT2D eigenvalue weighted by atomic mass is 32.1. The third-order valence-electron chi connectivity index (χ3n) is 2.24. The first-order chi connectivity index (χ1) is 8.79. The largest absolute Gasteiger partial charge is 0.395 e. The molecule has 2 heterocycles. The Morgan fingerprint density at radius 3 is 3.11 bits per heavy atom. The predicted octanol–water partition coefficient (Wildman–Crippen LogP) is 0.856. The number of aliphatic hydroxyl groups is 1. The summed E-state index contributed by atoms with van der Waals surface area (Å²) < 4.78 is 0. The van der Waals surface area contributed by atoms with Crippen LogP contribution >= 0.6 is 11.3 Å². The van der Waals surface area contributed by atoms with E-state index in [1.807, 2.05) is 17.5 Å². The maximum absolute atomic E-state index is 11.4. The van der Waals surface area contributed by atoms with Gasteiger partial charge < -0.3 is 10.4 Å². The second-order valence-corrected chi connectivity index (χ2v) is 4.49. The van der Waals surface area contributed by atoms with E-state index >= 15 is 0 Å². The number of rotatable bonds is 5. The number of thiazole rings is 1. The molecule has 0 spiro atoms. The van der Waals surface area contributed by atoms with Gasteiger partial charge in [-0.2, -0.15) is 0 Å². The van der Waals surface area contributed by atoms with E-state index in [1.165, 1.54) is 11.3 Å². The summed E-state index contributed by atoms with van der Waals surface area (Å²) in [7, 11) is 0. The number of pyridine rings is 1. The van der Waals surface area contributed by atoms with Gasteiger partial charge in [0.2, 0.25) is 5.91 Å². The highest BCUT2D eigenvalue weighted by Gasteiger charge is 2.08. The monoisotopic (exact) mass is 263 g/mol. The molecule has 0 unspecified atom stereocenters. The molecular formula is C12H13N3O2S. The smallest absolute Gasteiger partial charge is 0.226 e. The Bertz CT molecular complexity index is 513. The second-order valence-electron chi connectivity index (χ2n) is 3.64. The van der Waals surface area contributed by atoms with Crippen molar-refractivity contribution in [1.82, 2.24) is 15.3 Å². The van der Waals surface area contributed by atoms with Crippen molar-refractivity contribution in [3.63, 3.8) is 0 Å². The molecule has 94 valence electrons. The lowest BCUT2D eigenvalue weighted by Crippen LogP contribution is -2.27. The van der Waals surface area contributed by atoms with Gasteiger partial charge >= 0.3 is 0 Å². The molecule has 6 heteroatoms. The third kappa shape index (κ3) is 3.35. The van der Waals surface area contributed by atoms with Crippen LogP contribution in [0.3, 0.4) is 0 Å². The number of aromatic nitrogens is 2. The number of nitrogens with zero attached hydrogens (tertiary/aromatic N) is 2. The minimum atomic E-state index is -0.132. The maximum atomic E-state index is 11.4. The number of amides is 1. The predicted molar refractivity (Wildman–Crippen MR) is 69.1 cm³/mol. The van der Waals surface area contributed by atoms with E-state index in [-0.39, 0.29) is 25.5 Å². The quantitative estimate of drug-likeness (QED) is 0.839. The molecule has 1 amide bonds. The van der Waals surface area contributed by atoms with Gasteiger partial charge in [0.1, 0.15) is 5.01 Å². The van der Waals surface area contributed by atoms with Crippen molar-refractivity contribution in [2.45, 2.75) is 6.42 Å². The SMILES string of the molecule is O=C(Cc1csc(-c2cccnc2)n1)NCCO. The van der Waals surface area contributed by atoms with Crippen molar-refractivity contribution in [1.29, 1.82) is 0 Å². The Morgan fingerprint density at radius 2 is 2.39 bits per heavy atom. The summed E-state index contributed by atoms with van der Waals surface area (Å²) in [6.07, 6.45) is 3.69. The number of hydrogen-bond acceptors (Lipinski definition) is 5. The molecule has 2 N–H and O–H groups in total. The van der Waals surface area contributed by atoms with E-state index in [0.29, 0.717) is 0 Å². The van der Waals surface area contributed by atoms with Crippen molar-refractivity contribution in [3.8, 4) is 10.6 Å². The van der Waals surface area contributed by atoms with Gasteiger partial charge in [0.05, 0.1) is 18.7 Å². The fourth-order valence-electron chi connectivity index (χ4n) is 1.43. The Kier molecular flexibility index (Phi) is 4.38. The topological polar surface area (TPSA) is 75.1 Å². The van der Waals surface area contributed by atoms with E-state index in [2.05, 4.69) is 15.3 Å². The van der Waals surface area contributed by atoms with Gasteiger partial charge in [-0.25, -0.2) is 4.98 Å². The highest BCUT2D eigenvalue weighted by Crippen LogP contribution is 2.22. The summed E-state index contributed by atoms with van der Waals surface area (Å²) in [5.74, 6) is -0.132. The number of carbonyl (C=O) groups is 1. The fraction of sp³-hybridized carbons (Fsp3) is 0.250. The summed E-state index contributed by atoms with van der Waals surface area (Å²) in [5, 5.41) is 13.9. The molecule has 5 nitrogen and oxygen atoms in total. The van der Waals surface area contributed by atoms with Crippen molar-refractivity contribution < 1.29 is 9.90 Å². The first kappa shape index (κ1) is 12.7. The van der Waals surface area contributed by atoms with Gasteiger partial charge in [-0.15, -0.1) is 11.3 Å². The number of aliphatic hydroxyl groups excluding tert-OH is 1. The maximum Gasteiger partial charge on any atom is 0.226 e. The highest BCUT2D eigenvalue weighted by molar-refractivity contribution is 7.13. The van der Waals surface area contributed by atoms with Gasteiger partial charge in [0, 0.05) is 29.9 Å². The Balaban J connectivity index is 2.00. The van der Waals surface area contributed by atoms with E-state index in [0.717, 1.165) is 16.3 Å². The molecule has 0 saturated carbocycles. The summed E-state index contributed by atoms with van der Waals surface area (Å²) >= 11 is 1.49. The van der Waals surface area contributed by atoms with Gasteiger partial charge in [-0.3, -0.25) is 9.78 Å². The van der Waals surface area contributed by atoms with E-state index in [9.17, 15) is 4.79 Å². The molecule has 2 rings (SSSR count). The molecule has 0 fully saturated rings. The van der Waals surface area contributed by atoms with Gasteiger partial charge in [0.25, 0.3) is 0 Å². The van der Waals surface area contributed by atoms with Gasteiger partial charge in [-0.05, 0) is 12.1 Å². The minimum Gasteiger partial charge on any atom is -0.395 e. The normalized spacial score (nSPS) is 10.3. The standard InChI is InChI=1S/C12H13N3O2S/c16-5-4-14-11(17)6-10-8-18-12(15-10)9-2-1-3-13-7-9/h1-3,7-8,16H,4-6H2,(H,14,17). The summed E-state index contributed by atoms with van der Waals surface area (Å²) in [6, 6.07) is 3.78. The average molecular weight is 263 g/mol.